The molecule has 3 unspecified atom stereocenters. The average Bonchev–Trinajstić information content (AvgIpc) is 2.38. The summed E-state index contributed by atoms with van der Waals surface area (Å²) < 4.78 is 5.48. The molecule has 2 saturated heterocycles. The molecule has 1 N–H and O–H groups in total. The zero-order valence-electron chi connectivity index (χ0n) is 11.5. The lowest BCUT2D eigenvalue weighted by molar-refractivity contribution is -0.00349. The molecule has 0 radical (unpaired) electrons. The van der Waals surface area contributed by atoms with E-state index in [-0.39, 0.29) is 0 Å². The van der Waals surface area contributed by atoms with Gasteiger partial charge in [-0.15, -0.1) is 0 Å². The molecule has 0 aromatic carbocycles. The molecule has 17 heavy (non-hydrogen) atoms. The number of hydrogen-bond acceptors (Lipinski definition) is 3. The third-order valence-corrected chi connectivity index (χ3v) is 4.52. The largest absolute Gasteiger partial charge is 0.379 e. The highest BCUT2D eigenvalue weighted by atomic mass is 16.5. The first-order valence-electron chi connectivity index (χ1n) is 7.30. The van der Waals surface area contributed by atoms with E-state index in [1.165, 1.54) is 38.9 Å². The fraction of sp³-hybridized carbons (Fsp3) is 1.00. The Hall–Kier alpha value is -0.120. The van der Waals surface area contributed by atoms with Crippen LogP contribution in [0.25, 0.3) is 0 Å². The molecule has 0 saturated carbocycles. The van der Waals surface area contributed by atoms with Crippen molar-refractivity contribution in [2.24, 2.45) is 11.8 Å². The van der Waals surface area contributed by atoms with Crippen molar-refractivity contribution in [1.29, 1.82) is 0 Å². The average molecular weight is 240 g/mol. The van der Waals surface area contributed by atoms with Crippen LogP contribution in [-0.2, 0) is 4.74 Å². The molecule has 0 bridgehead atoms. The van der Waals surface area contributed by atoms with Crippen molar-refractivity contribution in [2.45, 2.75) is 39.2 Å². The minimum atomic E-state index is 0.612. The smallest absolute Gasteiger partial charge is 0.0619 e. The molecule has 100 valence electrons. The molecule has 0 spiro atoms. The summed E-state index contributed by atoms with van der Waals surface area (Å²) in [5.74, 6) is 1.76. The highest BCUT2D eigenvalue weighted by Crippen LogP contribution is 2.23. The first-order valence-corrected chi connectivity index (χ1v) is 7.30. The topological polar surface area (TPSA) is 24.5 Å². The molecular weight excluding hydrogens is 212 g/mol. The van der Waals surface area contributed by atoms with E-state index in [1.807, 2.05) is 0 Å². The van der Waals surface area contributed by atoms with Crippen LogP contribution >= 0.6 is 0 Å². The Morgan fingerprint density at radius 2 is 2.35 bits per heavy atom. The van der Waals surface area contributed by atoms with Crippen LogP contribution in [0.5, 0.6) is 0 Å². The SMILES string of the molecule is CC(CCN1CCOCC1C)C1CCCNC1. The molecule has 3 atom stereocenters. The van der Waals surface area contributed by atoms with Crippen molar-refractivity contribution < 1.29 is 4.74 Å². The van der Waals surface area contributed by atoms with Crippen LogP contribution in [0.1, 0.15) is 33.1 Å². The van der Waals surface area contributed by atoms with Crippen LogP contribution in [0, 0.1) is 11.8 Å². The van der Waals surface area contributed by atoms with Crippen LogP contribution in [-0.4, -0.2) is 50.3 Å². The number of morpholine rings is 1. The van der Waals surface area contributed by atoms with Crippen LogP contribution in [0.15, 0.2) is 0 Å². The maximum Gasteiger partial charge on any atom is 0.0619 e. The maximum atomic E-state index is 5.48. The van der Waals surface area contributed by atoms with Crippen molar-refractivity contribution in [3.05, 3.63) is 0 Å². The van der Waals surface area contributed by atoms with Gasteiger partial charge in [0.15, 0.2) is 0 Å². The van der Waals surface area contributed by atoms with E-state index >= 15 is 0 Å². The molecule has 3 nitrogen and oxygen atoms in total. The number of nitrogens with one attached hydrogen (secondary N) is 1. The Morgan fingerprint density at radius 1 is 1.47 bits per heavy atom. The standard InChI is InChI=1S/C14H28N2O/c1-12(14-4-3-6-15-10-14)5-7-16-8-9-17-11-13(16)2/h12-15H,3-11H2,1-2H3. The third kappa shape index (κ3) is 3.94. The first kappa shape index (κ1) is 13.3. The Morgan fingerprint density at radius 3 is 3.06 bits per heavy atom. The number of hydrogen-bond donors (Lipinski definition) is 1. The molecule has 0 amide bonds. The number of piperidine rings is 1. The van der Waals surface area contributed by atoms with Gasteiger partial charge in [0.25, 0.3) is 0 Å². The lowest BCUT2D eigenvalue weighted by atomic mass is 9.85. The summed E-state index contributed by atoms with van der Waals surface area (Å²) in [6, 6.07) is 0.612. The zero-order valence-corrected chi connectivity index (χ0v) is 11.5. The monoisotopic (exact) mass is 240 g/mol. The van der Waals surface area contributed by atoms with Gasteiger partial charge in [-0.25, -0.2) is 0 Å². The highest BCUT2D eigenvalue weighted by molar-refractivity contribution is 4.77. The summed E-state index contributed by atoms with van der Waals surface area (Å²) in [6.07, 6.45) is 4.13. The first-order chi connectivity index (χ1) is 8.27. The van der Waals surface area contributed by atoms with Crippen LogP contribution in [0.3, 0.4) is 0 Å². The van der Waals surface area contributed by atoms with Gasteiger partial charge in [0.05, 0.1) is 13.2 Å². The van der Waals surface area contributed by atoms with Crippen molar-refractivity contribution in [2.75, 3.05) is 39.4 Å². The van der Waals surface area contributed by atoms with Gasteiger partial charge >= 0.3 is 0 Å². The van der Waals surface area contributed by atoms with E-state index in [0.29, 0.717) is 6.04 Å². The fourth-order valence-electron chi connectivity index (χ4n) is 3.06. The second-order valence-corrected chi connectivity index (χ2v) is 5.83. The van der Waals surface area contributed by atoms with Gasteiger partial charge in [-0.3, -0.25) is 4.90 Å². The lowest BCUT2D eigenvalue weighted by Crippen LogP contribution is -2.44. The van der Waals surface area contributed by atoms with E-state index < -0.39 is 0 Å². The van der Waals surface area contributed by atoms with E-state index in [9.17, 15) is 0 Å². The summed E-state index contributed by atoms with van der Waals surface area (Å²) in [5, 5.41) is 3.53. The number of ether oxygens (including phenoxy) is 1. The maximum absolute atomic E-state index is 5.48. The predicted octanol–water partition coefficient (Wildman–Crippen LogP) is 1.73. The molecule has 0 aliphatic carbocycles. The van der Waals surface area contributed by atoms with Gasteiger partial charge in [0.1, 0.15) is 0 Å². The van der Waals surface area contributed by atoms with Crippen molar-refractivity contribution in [3.63, 3.8) is 0 Å². The van der Waals surface area contributed by atoms with Crippen LogP contribution < -0.4 is 5.32 Å². The molecule has 2 aliphatic rings. The summed E-state index contributed by atoms with van der Waals surface area (Å²) >= 11 is 0. The summed E-state index contributed by atoms with van der Waals surface area (Å²) in [7, 11) is 0. The van der Waals surface area contributed by atoms with Crippen molar-refractivity contribution in [1.82, 2.24) is 10.2 Å². The number of rotatable bonds is 4. The molecule has 3 heteroatoms. The second-order valence-electron chi connectivity index (χ2n) is 5.83. The van der Waals surface area contributed by atoms with Crippen LogP contribution in [0.2, 0.25) is 0 Å². The minimum absolute atomic E-state index is 0.612. The Kier molecular flexibility index (Phi) is 5.26. The van der Waals surface area contributed by atoms with Crippen molar-refractivity contribution in [3.8, 4) is 0 Å². The van der Waals surface area contributed by atoms with Gasteiger partial charge in [-0.1, -0.05) is 6.92 Å². The fourth-order valence-corrected chi connectivity index (χ4v) is 3.06. The molecular formula is C14H28N2O. The molecule has 0 aromatic heterocycles. The molecule has 2 aliphatic heterocycles. The Balaban J connectivity index is 1.69. The molecule has 2 rings (SSSR count). The summed E-state index contributed by atoms with van der Waals surface area (Å²) in [6.45, 7) is 11.4. The van der Waals surface area contributed by atoms with Gasteiger partial charge in [-0.05, 0) is 57.7 Å². The predicted molar refractivity (Wildman–Crippen MR) is 71.2 cm³/mol. The van der Waals surface area contributed by atoms with E-state index in [0.717, 1.165) is 31.6 Å². The Labute approximate surface area is 106 Å². The molecule has 2 fully saturated rings. The van der Waals surface area contributed by atoms with E-state index in [1.54, 1.807) is 0 Å². The van der Waals surface area contributed by atoms with Gasteiger partial charge < -0.3 is 10.1 Å². The molecule has 0 aromatic rings. The van der Waals surface area contributed by atoms with Crippen molar-refractivity contribution >= 4 is 0 Å². The second kappa shape index (κ2) is 6.72. The lowest BCUT2D eigenvalue weighted by Gasteiger charge is -2.35. The third-order valence-electron chi connectivity index (χ3n) is 4.52. The van der Waals surface area contributed by atoms with Gasteiger partial charge in [-0.2, -0.15) is 0 Å². The quantitative estimate of drug-likeness (QED) is 0.810. The molecule has 2 heterocycles. The van der Waals surface area contributed by atoms with E-state index in [2.05, 4.69) is 24.1 Å². The Bertz CT molecular complexity index is 216. The summed E-state index contributed by atoms with van der Waals surface area (Å²) in [5.41, 5.74) is 0. The normalized spacial score (nSPS) is 33.5. The van der Waals surface area contributed by atoms with E-state index in [4.69, 9.17) is 4.74 Å². The number of nitrogens with zero attached hydrogens (tertiary/aromatic N) is 1. The zero-order chi connectivity index (χ0) is 12.1. The highest BCUT2D eigenvalue weighted by Gasteiger charge is 2.23. The minimum Gasteiger partial charge on any atom is -0.379 e. The van der Waals surface area contributed by atoms with Gasteiger partial charge in [0.2, 0.25) is 0 Å². The van der Waals surface area contributed by atoms with Crippen LogP contribution in [0.4, 0.5) is 0 Å². The van der Waals surface area contributed by atoms with Gasteiger partial charge in [0, 0.05) is 12.6 Å². The summed E-state index contributed by atoms with van der Waals surface area (Å²) in [4.78, 5) is 2.59.